The van der Waals surface area contributed by atoms with Gasteiger partial charge in [-0.2, -0.15) is 13.2 Å². The number of rotatable bonds is 5. The molecule has 0 aliphatic heterocycles. The highest BCUT2D eigenvalue weighted by Gasteiger charge is 2.38. The number of carbonyl (C=O) groups is 2. The van der Waals surface area contributed by atoms with E-state index in [9.17, 15) is 26.7 Å². The van der Waals surface area contributed by atoms with Crippen molar-refractivity contribution in [3.63, 3.8) is 0 Å². The van der Waals surface area contributed by atoms with Gasteiger partial charge in [0, 0.05) is 22.8 Å². The summed E-state index contributed by atoms with van der Waals surface area (Å²) < 4.78 is 59.3. The van der Waals surface area contributed by atoms with E-state index in [4.69, 9.17) is 15.6 Å². The number of alkyl halides is 5. The van der Waals surface area contributed by atoms with Crippen LogP contribution >= 0.6 is 11.3 Å². The number of aromatic nitrogens is 2. The molecule has 3 heterocycles. The number of carbonyl (C=O) groups excluding carboxylic acids is 1. The molecule has 2 atom stereocenters. The quantitative estimate of drug-likeness (QED) is 0.356. The third-order valence-electron chi connectivity index (χ3n) is 5.31. The monoisotopic (exact) mass is 519 g/mol. The number of nitrogens with one attached hydrogen (secondary N) is 2. The first kappa shape index (κ1) is 26.3. The summed E-state index contributed by atoms with van der Waals surface area (Å²) in [5, 5.41) is 20.4. The van der Waals surface area contributed by atoms with Crippen molar-refractivity contribution < 1.29 is 36.6 Å². The molecule has 4 rings (SSSR count). The molecule has 3 aromatic rings. The molecule has 0 unspecified atom stereocenters. The number of hydrogen-bond acceptors (Lipinski definition) is 6. The lowest BCUT2D eigenvalue weighted by atomic mass is 9.91. The summed E-state index contributed by atoms with van der Waals surface area (Å²) in [6.45, 7) is 0. The van der Waals surface area contributed by atoms with Gasteiger partial charge in [0.1, 0.15) is 11.5 Å². The van der Waals surface area contributed by atoms with Crippen LogP contribution in [0.4, 0.5) is 33.5 Å². The van der Waals surface area contributed by atoms with Gasteiger partial charge in [-0.15, -0.1) is 16.4 Å². The molecule has 1 aliphatic carbocycles. The summed E-state index contributed by atoms with van der Waals surface area (Å²) in [6, 6.07) is 7.32. The standard InChI is InChI=1S/C19H21F2N5OS.C2HF3O2/c20-18(21)12-9-28-10-15(12)24-19(27)16-7-5-11-6-8-17(25-26(11)16)23-14-4-2-1-3-13(14)22;3-2(4,5)1(6)7/h5-10,13-14,18H,1-4,22H2,(H,23,25)(H,24,27);(H,6,7)/t13-,14+;/m0./s1. The van der Waals surface area contributed by atoms with Gasteiger partial charge in [-0.25, -0.2) is 18.1 Å². The van der Waals surface area contributed by atoms with Gasteiger partial charge in [0.2, 0.25) is 0 Å². The summed E-state index contributed by atoms with van der Waals surface area (Å²) in [5.41, 5.74) is 7.15. The van der Waals surface area contributed by atoms with Crippen LogP contribution in [0.15, 0.2) is 35.0 Å². The zero-order chi connectivity index (χ0) is 25.8. The Balaban J connectivity index is 0.000000429. The molecule has 0 spiro atoms. The fraction of sp³-hybridized carbons (Fsp3) is 0.381. The Morgan fingerprint density at radius 1 is 1.14 bits per heavy atom. The molecular formula is C21H22F5N5O3S. The zero-order valence-corrected chi connectivity index (χ0v) is 18.9. The molecule has 0 saturated heterocycles. The second kappa shape index (κ2) is 11.0. The van der Waals surface area contributed by atoms with Gasteiger partial charge in [-0.1, -0.05) is 12.8 Å². The van der Waals surface area contributed by atoms with Crippen LogP contribution in [0, 0.1) is 0 Å². The van der Waals surface area contributed by atoms with Crippen molar-refractivity contribution in [1.82, 2.24) is 9.61 Å². The molecule has 0 radical (unpaired) electrons. The molecule has 0 bridgehead atoms. The number of hydrogen-bond donors (Lipinski definition) is 4. The van der Waals surface area contributed by atoms with Gasteiger partial charge >= 0.3 is 12.1 Å². The van der Waals surface area contributed by atoms with Crippen LogP contribution in [0.5, 0.6) is 0 Å². The maximum Gasteiger partial charge on any atom is 0.490 e. The zero-order valence-electron chi connectivity index (χ0n) is 18.1. The van der Waals surface area contributed by atoms with E-state index in [1.165, 1.54) is 15.3 Å². The normalized spacial score (nSPS) is 18.1. The molecule has 1 aliphatic rings. The fourth-order valence-electron chi connectivity index (χ4n) is 3.53. The second-order valence-electron chi connectivity index (χ2n) is 7.77. The van der Waals surface area contributed by atoms with Gasteiger partial charge in [0.15, 0.2) is 0 Å². The Labute approximate surface area is 199 Å². The number of amides is 1. The van der Waals surface area contributed by atoms with E-state index in [0.717, 1.165) is 42.5 Å². The van der Waals surface area contributed by atoms with E-state index >= 15 is 0 Å². The van der Waals surface area contributed by atoms with Gasteiger partial charge in [-0.05, 0) is 37.1 Å². The summed E-state index contributed by atoms with van der Waals surface area (Å²) in [6.07, 6.45) is -3.51. The SMILES string of the molecule is N[C@H]1CCCC[C@H]1Nc1ccc2ccc(C(=O)Nc3cscc3C(F)F)n2n1.O=C(O)C(F)(F)F. The third kappa shape index (κ3) is 6.66. The van der Waals surface area contributed by atoms with Crippen molar-refractivity contribution in [3.8, 4) is 0 Å². The highest BCUT2D eigenvalue weighted by Crippen LogP contribution is 2.31. The number of halogens is 5. The largest absolute Gasteiger partial charge is 0.490 e. The van der Waals surface area contributed by atoms with Crippen molar-refractivity contribution in [2.75, 3.05) is 10.6 Å². The first-order chi connectivity index (χ1) is 16.5. The minimum atomic E-state index is -5.08. The van der Waals surface area contributed by atoms with E-state index in [0.29, 0.717) is 5.82 Å². The van der Waals surface area contributed by atoms with Gasteiger partial charge < -0.3 is 21.5 Å². The molecule has 190 valence electrons. The summed E-state index contributed by atoms with van der Waals surface area (Å²) >= 11 is 1.12. The topological polar surface area (TPSA) is 122 Å². The van der Waals surface area contributed by atoms with Crippen LogP contribution in [0.25, 0.3) is 5.52 Å². The van der Waals surface area contributed by atoms with Crippen molar-refractivity contribution in [1.29, 1.82) is 0 Å². The highest BCUT2D eigenvalue weighted by molar-refractivity contribution is 7.08. The van der Waals surface area contributed by atoms with Gasteiger partial charge in [-0.3, -0.25) is 4.79 Å². The van der Waals surface area contributed by atoms with Crippen LogP contribution in [-0.4, -0.2) is 44.9 Å². The van der Waals surface area contributed by atoms with E-state index in [-0.39, 0.29) is 29.0 Å². The molecule has 8 nitrogen and oxygen atoms in total. The highest BCUT2D eigenvalue weighted by atomic mass is 32.1. The Morgan fingerprint density at radius 2 is 1.80 bits per heavy atom. The lowest BCUT2D eigenvalue weighted by Gasteiger charge is -2.29. The number of carboxylic acids is 1. The minimum absolute atomic E-state index is 0.0741. The maximum atomic E-state index is 13.0. The van der Waals surface area contributed by atoms with E-state index < -0.39 is 24.5 Å². The van der Waals surface area contributed by atoms with E-state index in [2.05, 4.69) is 15.7 Å². The van der Waals surface area contributed by atoms with Crippen LogP contribution in [0.3, 0.4) is 0 Å². The minimum Gasteiger partial charge on any atom is -0.475 e. The van der Waals surface area contributed by atoms with Crippen LogP contribution in [0.1, 0.15) is 48.2 Å². The van der Waals surface area contributed by atoms with E-state index in [1.807, 2.05) is 12.1 Å². The molecule has 1 amide bonds. The molecule has 5 N–H and O–H groups in total. The predicted molar refractivity (Wildman–Crippen MR) is 120 cm³/mol. The molecule has 14 heteroatoms. The Kier molecular flexibility index (Phi) is 8.27. The number of aliphatic carboxylic acids is 1. The third-order valence-corrected chi connectivity index (χ3v) is 6.07. The molecule has 35 heavy (non-hydrogen) atoms. The number of carboxylic acid groups (broad SMARTS) is 1. The number of anilines is 2. The molecule has 0 aromatic carbocycles. The Hall–Kier alpha value is -3.26. The smallest absolute Gasteiger partial charge is 0.475 e. The average molecular weight is 519 g/mol. The van der Waals surface area contributed by atoms with Gasteiger partial charge in [0.25, 0.3) is 12.3 Å². The number of fused-ring (bicyclic) bond motifs is 1. The summed E-state index contributed by atoms with van der Waals surface area (Å²) in [4.78, 5) is 21.6. The lowest BCUT2D eigenvalue weighted by molar-refractivity contribution is -0.192. The fourth-order valence-corrected chi connectivity index (χ4v) is 4.30. The Bertz CT molecular complexity index is 1180. The average Bonchev–Trinajstić information content (AvgIpc) is 3.42. The van der Waals surface area contributed by atoms with Crippen LogP contribution in [0.2, 0.25) is 0 Å². The molecule has 3 aromatic heterocycles. The summed E-state index contributed by atoms with van der Waals surface area (Å²) in [7, 11) is 0. The molecule has 1 saturated carbocycles. The second-order valence-corrected chi connectivity index (χ2v) is 8.52. The van der Waals surface area contributed by atoms with Crippen molar-refractivity contribution in [2.24, 2.45) is 5.73 Å². The summed E-state index contributed by atoms with van der Waals surface area (Å²) in [5.74, 6) is -2.62. The molecule has 1 fully saturated rings. The molecular weight excluding hydrogens is 497 g/mol. The van der Waals surface area contributed by atoms with Gasteiger partial charge in [0.05, 0.1) is 16.8 Å². The van der Waals surface area contributed by atoms with Crippen molar-refractivity contribution in [3.05, 3.63) is 46.3 Å². The predicted octanol–water partition coefficient (Wildman–Crippen LogP) is 4.90. The maximum absolute atomic E-state index is 13.0. The first-order valence-corrected chi connectivity index (χ1v) is 11.4. The number of nitrogens with zero attached hydrogens (tertiary/aromatic N) is 2. The van der Waals surface area contributed by atoms with Crippen molar-refractivity contribution >= 4 is 40.2 Å². The first-order valence-electron chi connectivity index (χ1n) is 10.4. The van der Waals surface area contributed by atoms with E-state index in [1.54, 1.807) is 12.1 Å². The Morgan fingerprint density at radius 3 is 2.43 bits per heavy atom. The van der Waals surface area contributed by atoms with Crippen LogP contribution < -0.4 is 16.4 Å². The lowest BCUT2D eigenvalue weighted by Crippen LogP contribution is -2.42. The van der Waals surface area contributed by atoms with Crippen molar-refractivity contribution in [2.45, 2.75) is 50.4 Å². The van der Waals surface area contributed by atoms with Crippen LogP contribution in [-0.2, 0) is 4.79 Å². The number of nitrogens with two attached hydrogens (primary N) is 1. The number of thiophene rings is 1.